The van der Waals surface area contributed by atoms with Gasteiger partial charge < -0.3 is 20.1 Å². The predicted octanol–water partition coefficient (Wildman–Crippen LogP) is 5.31. The Bertz CT molecular complexity index is 1410. The lowest BCUT2D eigenvalue weighted by atomic mass is 10.1. The lowest BCUT2D eigenvalue weighted by Gasteiger charge is -2.12. The summed E-state index contributed by atoms with van der Waals surface area (Å²) in [5, 5.41) is 15.4. The summed E-state index contributed by atoms with van der Waals surface area (Å²) in [6.45, 7) is 3.52. The first kappa shape index (κ1) is 27.0. The molecule has 0 fully saturated rings. The molecule has 0 aliphatic heterocycles. The van der Waals surface area contributed by atoms with Gasteiger partial charge in [0.05, 0.1) is 12.7 Å². The molecule has 3 aromatic carbocycles. The number of benzene rings is 3. The molecule has 0 heterocycles. The number of methoxy groups -OCH3 is 1. The quantitative estimate of drug-likeness (QED) is 0.237. The Hall–Kier alpha value is -4.61. The third kappa shape index (κ3) is 7.43. The van der Waals surface area contributed by atoms with Crippen molar-refractivity contribution < 1.29 is 23.9 Å². The van der Waals surface area contributed by atoms with Crippen LogP contribution in [0.4, 0.5) is 11.4 Å². The molecule has 0 aromatic heterocycles. The Morgan fingerprint density at radius 2 is 1.73 bits per heavy atom. The van der Waals surface area contributed by atoms with Gasteiger partial charge in [0.1, 0.15) is 17.4 Å². The zero-order valence-corrected chi connectivity index (χ0v) is 21.2. The number of esters is 1. The van der Waals surface area contributed by atoms with Crippen molar-refractivity contribution in [3.05, 3.63) is 93.5 Å². The van der Waals surface area contributed by atoms with E-state index in [1.165, 1.54) is 43.5 Å². The van der Waals surface area contributed by atoms with E-state index in [1.807, 2.05) is 38.1 Å². The molecule has 0 spiro atoms. The molecule has 0 aliphatic carbocycles. The van der Waals surface area contributed by atoms with Crippen LogP contribution in [-0.4, -0.2) is 31.5 Å². The number of hydrogen-bond acceptors (Lipinski definition) is 6. The smallest absolute Gasteiger partial charge is 0.337 e. The number of aryl methyl sites for hydroxylation is 2. The predicted molar refractivity (Wildman–Crippen MR) is 141 cm³/mol. The molecule has 3 rings (SSSR count). The van der Waals surface area contributed by atoms with E-state index in [-0.39, 0.29) is 23.8 Å². The highest BCUT2D eigenvalue weighted by Crippen LogP contribution is 2.26. The van der Waals surface area contributed by atoms with E-state index in [4.69, 9.17) is 16.3 Å². The Balaban J connectivity index is 1.74. The van der Waals surface area contributed by atoms with Crippen LogP contribution >= 0.6 is 11.6 Å². The fraction of sp³-hybridized carbons (Fsp3) is 0.143. The van der Waals surface area contributed by atoms with Gasteiger partial charge in [-0.2, -0.15) is 5.26 Å². The summed E-state index contributed by atoms with van der Waals surface area (Å²) in [6.07, 6.45) is 1.32. The van der Waals surface area contributed by atoms with Gasteiger partial charge in [0.15, 0.2) is 6.61 Å². The van der Waals surface area contributed by atoms with Crippen molar-refractivity contribution in [2.45, 2.75) is 13.8 Å². The number of carbonyl (C=O) groups excluding carboxylic acids is 3. The molecule has 0 bridgehead atoms. The Labute approximate surface area is 219 Å². The highest BCUT2D eigenvalue weighted by molar-refractivity contribution is 6.30. The average Bonchev–Trinajstić information content (AvgIpc) is 2.88. The highest BCUT2D eigenvalue weighted by atomic mass is 35.5. The number of rotatable bonds is 8. The minimum Gasteiger partial charge on any atom is -0.483 e. The molecule has 3 aromatic rings. The van der Waals surface area contributed by atoms with Crippen molar-refractivity contribution in [2.24, 2.45) is 0 Å². The number of nitrogens with zero attached hydrogens (tertiary/aromatic N) is 1. The van der Waals surface area contributed by atoms with Crippen LogP contribution in [0, 0.1) is 25.2 Å². The third-order valence-electron chi connectivity index (χ3n) is 5.23. The number of halogens is 1. The van der Waals surface area contributed by atoms with E-state index in [9.17, 15) is 19.6 Å². The Morgan fingerprint density at radius 3 is 2.41 bits per heavy atom. The maximum Gasteiger partial charge on any atom is 0.337 e. The van der Waals surface area contributed by atoms with Gasteiger partial charge in [0, 0.05) is 22.0 Å². The summed E-state index contributed by atoms with van der Waals surface area (Å²) in [7, 11) is 1.27. The SMILES string of the molecule is COC(=O)c1ccc(NC(=O)/C(C#N)=C\c2cc(Cl)ccc2OCC(=O)Nc2cc(C)ccc2C)cc1. The van der Waals surface area contributed by atoms with Gasteiger partial charge in [-0.1, -0.05) is 23.7 Å². The summed E-state index contributed by atoms with van der Waals surface area (Å²) in [6, 6.07) is 18.3. The first-order valence-electron chi connectivity index (χ1n) is 11.1. The minimum atomic E-state index is -0.674. The van der Waals surface area contributed by atoms with Crippen LogP contribution in [0.5, 0.6) is 5.75 Å². The number of anilines is 2. The summed E-state index contributed by atoms with van der Waals surface area (Å²) < 4.78 is 10.3. The van der Waals surface area contributed by atoms with Gasteiger partial charge in [-0.25, -0.2) is 4.79 Å². The third-order valence-corrected chi connectivity index (χ3v) is 5.46. The monoisotopic (exact) mass is 517 g/mol. The molecule has 0 saturated heterocycles. The average molecular weight is 518 g/mol. The molecule has 0 atom stereocenters. The highest BCUT2D eigenvalue weighted by Gasteiger charge is 2.14. The van der Waals surface area contributed by atoms with Crippen LogP contribution in [-0.2, 0) is 14.3 Å². The van der Waals surface area contributed by atoms with Crippen molar-refractivity contribution in [2.75, 3.05) is 24.4 Å². The molecular weight excluding hydrogens is 494 g/mol. The van der Waals surface area contributed by atoms with Gasteiger partial charge in [-0.15, -0.1) is 0 Å². The second-order valence-electron chi connectivity index (χ2n) is 8.03. The number of nitriles is 1. The van der Waals surface area contributed by atoms with Crippen LogP contribution in [0.1, 0.15) is 27.0 Å². The molecule has 9 heteroatoms. The number of ether oxygens (including phenoxy) is 2. The topological polar surface area (TPSA) is 118 Å². The van der Waals surface area contributed by atoms with E-state index in [2.05, 4.69) is 15.4 Å². The Morgan fingerprint density at radius 1 is 1.00 bits per heavy atom. The normalized spacial score (nSPS) is 10.7. The largest absolute Gasteiger partial charge is 0.483 e. The van der Waals surface area contributed by atoms with E-state index < -0.39 is 11.9 Å². The maximum absolute atomic E-state index is 12.7. The van der Waals surface area contributed by atoms with E-state index in [0.29, 0.717) is 27.5 Å². The number of hydrogen-bond donors (Lipinski definition) is 2. The van der Waals surface area contributed by atoms with Crippen molar-refractivity contribution >= 4 is 46.8 Å². The zero-order chi connectivity index (χ0) is 26.9. The van der Waals surface area contributed by atoms with Gasteiger partial charge in [0.25, 0.3) is 11.8 Å². The Kier molecular flexibility index (Phi) is 9.03. The first-order chi connectivity index (χ1) is 17.7. The summed E-state index contributed by atoms with van der Waals surface area (Å²) in [5.74, 6) is -1.28. The van der Waals surface area contributed by atoms with E-state index >= 15 is 0 Å². The summed E-state index contributed by atoms with van der Waals surface area (Å²) in [5.41, 5.74) is 3.44. The number of carbonyl (C=O) groups is 3. The molecule has 0 radical (unpaired) electrons. The lowest BCUT2D eigenvalue weighted by Crippen LogP contribution is -2.21. The number of amides is 2. The minimum absolute atomic E-state index is 0.219. The van der Waals surface area contributed by atoms with E-state index in [0.717, 1.165) is 11.1 Å². The summed E-state index contributed by atoms with van der Waals surface area (Å²) >= 11 is 6.12. The van der Waals surface area contributed by atoms with Crippen LogP contribution in [0.25, 0.3) is 6.08 Å². The molecule has 37 heavy (non-hydrogen) atoms. The lowest BCUT2D eigenvalue weighted by molar-refractivity contribution is -0.118. The van der Waals surface area contributed by atoms with Crippen LogP contribution < -0.4 is 15.4 Å². The van der Waals surface area contributed by atoms with Gasteiger partial charge in [-0.05, 0) is 79.6 Å². The first-order valence-corrected chi connectivity index (χ1v) is 11.5. The molecule has 0 unspecified atom stereocenters. The van der Waals surface area contributed by atoms with Crippen molar-refractivity contribution in [1.82, 2.24) is 0 Å². The molecule has 0 saturated carbocycles. The molecular formula is C28H24ClN3O5. The number of nitrogens with one attached hydrogen (secondary N) is 2. The van der Waals surface area contributed by atoms with Crippen LogP contribution in [0.15, 0.2) is 66.2 Å². The zero-order valence-electron chi connectivity index (χ0n) is 20.4. The molecule has 2 N–H and O–H groups in total. The van der Waals surface area contributed by atoms with Crippen molar-refractivity contribution in [3.8, 4) is 11.8 Å². The van der Waals surface area contributed by atoms with Crippen LogP contribution in [0.2, 0.25) is 5.02 Å². The summed E-state index contributed by atoms with van der Waals surface area (Å²) in [4.78, 5) is 36.8. The van der Waals surface area contributed by atoms with Crippen molar-refractivity contribution in [3.63, 3.8) is 0 Å². The second-order valence-corrected chi connectivity index (χ2v) is 8.47. The molecule has 8 nitrogen and oxygen atoms in total. The second kappa shape index (κ2) is 12.4. The standard InChI is InChI=1S/C28H24ClN3O5/c1-17-4-5-18(2)24(12-17)32-26(33)16-37-25-11-8-22(29)14-20(25)13-21(15-30)27(34)31-23-9-6-19(7-10-23)28(35)36-3/h4-14H,16H2,1-3H3,(H,31,34)(H,32,33)/b21-13-. The van der Waals surface area contributed by atoms with Gasteiger partial charge in [-0.3, -0.25) is 9.59 Å². The molecule has 188 valence electrons. The van der Waals surface area contributed by atoms with Gasteiger partial charge >= 0.3 is 5.97 Å². The van der Waals surface area contributed by atoms with Gasteiger partial charge in [0.2, 0.25) is 0 Å². The van der Waals surface area contributed by atoms with Crippen molar-refractivity contribution in [1.29, 1.82) is 5.26 Å². The molecule has 2 amide bonds. The molecule has 0 aliphatic rings. The fourth-order valence-corrected chi connectivity index (χ4v) is 3.45. The van der Waals surface area contributed by atoms with E-state index in [1.54, 1.807) is 12.1 Å². The van der Waals surface area contributed by atoms with Crippen LogP contribution in [0.3, 0.4) is 0 Å². The maximum atomic E-state index is 12.7. The fourth-order valence-electron chi connectivity index (χ4n) is 3.27.